The van der Waals surface area contributed by atoms with Gasteiger partial charge in [-0.2, -0.15) is 9.29 Å². The topological polar surface area (TPSA) is 87.7 Å². The Morgan fingerprint density at radius 3 is 2.54 bits per heavy atom. The molecule has 0 radical (unpaired) electrons. The molecule has 8 nitrogen and oxygen atoms in total. The standard InChI is InChI=1S/C18H24FN5O3S/c1-4-20-18-21-13(2)11-17(22-18)23-7-9-24(10-8-23)28(25,26)16-12-14(19)5-6-15(16)27-3/h5-6,11-12H,4,7-10H2,1-3H3,(H,20,21,22). The number of nitrogens with one attached hydrogen (secondary N) is 1. The number of nitrogens with zero attached hydrogens (tertiary/aromatic N) is 4. The van der Waals surface area contributed by atoms with Crippen molar-refractivity contribution in [2.24, 2.45) is 0 Å². The summed E-state index contributed by atoms with van der Waals surface area (Å²) in [6.07, 6.45) is 0. The maximum absolute atomic E-state index is 13.6. The normalized spacial score (nSPS) is 15.5. The maximum atomic E-state index is 13.6. The van der Waals surface area contributed by atoms with Crippen molar-refractivity contribution in [3.63, 3.8) is 0 Å². The number of piperazine rings is 1. The summed E-state index contributed by atoms with van der Waals surface area (Å²) in [6.45, 7) is 6.05. The van der Waals surface area contributed by atoms with E-state index >= 15 is 0 Å². The SMILES string of the molecule is CCNc1nc(C)cc(N2CCN(S(=O)(=O)c3cc(F)ccc3OC)CC2)n1. The van der Waals surface area contributed by atoms with Crippen LogP contribution >= 0.6 is 0 Å². The molecule has 1 saturated heterocycles. The Bertz CT molecular complexity index is 946. The summed E-state index contributed by atoms with van der Waals surface area (Å²) in [7, 11) is -2.50. The molecule has 0 saturated carbocycles. The van der Waals surface area contributed by atoms with Gasteiger partial charge in [0.05, 0.1) is 7.11 Å². The van der Waals surface area contributed by atoms with Gasteiger partial charge in [0.15, 0.2) is 0 Å². The van der Waals surface area contributed by atoms with E-state index in [0.717, 1.165) is 17.6 Å². The van der Waals surface area contributed by atoms with Crippen molar-refractivity contribution in [1.82, 2.24) is 14.3 Å². The molecule has 2 heterocycles. The van der Waals surface area contributed by atoms with Crippen molar-refractivity contribution < 1.29 is 17.5 Å². The van der Waals surface area contributed by atoms with Crippen molar-refractivity contribution in [2.45, 2.75) is 18.7 Å². The average molecular weight is 409 g/mol. The molecule has 2 aromatic rings. The summed E-state index contributed by atoms with van der Waals surface area (Å²) in [5.41, 5.74) is 0.834. The summed E-state index contributed by atoms with van der Waals surface area (Å²) >= 11 is 0. The molecule has 0 bridgehead atoms. The Hall–Kier alpha value is -2.46. The highest BCUT2D eigenvalue weighted by Crippen LogP contribution is 2.28. The highest BCUT2D eigenvalue weighted by atomic mass is 32.2. The van der Waals surface area contributed by atoms with E-state index in [1.54, 1.807) is 0 Å². The predicted molar refractivity (Wildman–Crippen MR) is 105 cm³/mol. The molecule has 0 atom stereocenters. The van der Waals surface area contributed by atoms with Gasteiger partial charge in [0.2, 0.25) is 16.0 Å². The van der Waals surface area contributed by atoms with Crippen LogP contribution in [0.25, 0.3) is 0 Å². The van der Waals surface area contributed by atoms with Gasteiger partial charge in [0.1, 0.15) is 22.3 Å². The number of anilines is 2. The van der Waals surface area contributed by atoms with E-state index in [-0.39, 0.29) is 23.7 Å². The third kappa shape index (κ3) is 4.17. The Morgan fingerprint density at radius 1 is 1.18 bits per heavy atom. The minimum atomic E-state index is -3.86. The zero-order valence-electron chi connectivity index (χ0n) is 16.1. The van der Waals surface area contributed by atoms with Gasteiger partial charge in [0.25, 0.3) is 0 Å². The highest BCUT2D eigenvalue weighted by Gasteiger charge is 2.31. The molecule has 0 spiro atoms. The molecule has 0 aliphatic carbocycles. The van der Waals surface area contributed by atoms with Gasteiger partial charge in [-0.05, 0) is 32.0 Å². The van der Waals surface area contributed by atoms with Gasteiger partial charge < -0.3 is 15.0 Å². The lowest BCUT2D eigenvalue weighted by molar-refractivity contribution is 0.372. The van der Waals surface area contributed by atoms with Crippen molar-refractivity contribution in [2.75, 3.05) is 50.1 Å². The van der Waals surface area contributed by atoms with Crippen LogP contribution in [0.1, 0.15) is 12.6 Å². The van der Waals surface area contributed by atoms with Crippen LogP contribution in [0.4, 0.5) is 16.2 Å². The van der Waals surface area contributed by atoms with Gasteiger partial charge in [-0.15, -0.1) is 0 Å². The first-order valence-corrected chi connectivity index (χ1v) is 10.5. The van der Waals surface area contributed by atoms with Crippen molar-refractivity contribution in [1.29, 1.82) is 0 Å². The van der Waals surface area contributed by atoms with Gasteiger partial charge in [-0.25, -0.2) is 17.8 Å². The zero-order chi connectivity index (χ0) is 20.3. The Balaban J connectivity index is 1.78. The number of ether oxygens (including phenoxy) is 1. The first kappa shape index (κ1) is 20.3. The quantitative estimate of drug-likeness (QED) is 0.779. The van der Waals surface area contributed by atoms with E-state index < -0.39 is 15.8 Å². The van der Waals surface area contributed by atoms with Crippen LogP contribution in [-0.4, -0.2) is 62.5 Å². The Labute approximate surface area is 164 Å². The van der Waals surface area contributed by atoms with E-state index in [9.17, 15) is 12.8 Å². The lowest BCUT2D eigenvalue weighted by Crippen LogP contribution is -2.49. The van der Waals surface area contributed by atoms with Crippen molar-refractivity contribution >= 4 is 21.8 Å². The van der Waals surface area contributed by atoms with Crippen molar-refractivity contribution in [3.05, 3.63) is 35.8 Å². The predicted octanol–water partition coefficient (Wildman–Crippen LogP) is 1.88. The molecule has 1 fully saturated rings. The molecular formula is C18H24FN5O3S. The Morgan fingerprint density at radius 2 is 1.89 bits per heavy atom. The number of aryl methyl sites for hydroxylation is 1. The van der Waals surface area contributed by atoms with E-state index in [4.69, 9.17) is 4.74 Å². The fourth-order valence-electron chi connectivity index (χ4n) is 3.10. The smallest absolute Gasteiger partial charge is 0.246 e. The van der Waals surface area contributed by atoms with Crippen LogP contribution in [0.3, 0.4) is 0 Å². The Kier molecular flexibility index (Phi) is 5.99. The van der Waals surface area contributed by atoms with Crippen LogP contribution < -0.4 is 15.0 Å². The van der Waals surface area contributed by atoms with Gasteiger partial charge in [-0.1, -0.05) is 0 Å². The molecule has 1 aliphatic rings. The molecule has 3 rings (SSSR count). The van der Waals surface area contributed by atoms with E-state index in [1.165, 1.54) is 23.5 Å². The third-order valence-electron chi connectivity index (χ3n) is 4.48. The number of benzene rings is 1. The van der Waals surface area contributed by atoms with Gasteiger partial charge in [-0.3, -0.25) is 0 Å². The number of sulfonamides is 1. The van der Waals surface area contributed by atoms with Gasteiger partial charge in [0, 0.05) is 44.5 Å². The second-order valence-electron chi connectivity index (χ2n) is 6.41. The summed E-state index contributed by atoms with van der Waals surface area (Å²) in [5.74, 6) is 0.817. The second-order valence-corrected chi connectivity index (χ2v) is 8.31. The molecule has 0 unspecified atom stereocenters. The van der Waals surface area contributed by atoms with Gasteiger partial charge >= 0.3 is 0 Å². The fraction of sp³-hybridized carbons (Fsp3) is 0.444. The molecule has 1 aromatic carbocycles. The van der Waals surface area contributed by atoms with Crippen LogP contribution in [0.2, 0.25) is 0 Å². The number of rotatable bonds is 6. The minimum absolute atomic E-state index is 0.130. The highest BCUT2D eigenvalue weighted by molar-refractivity contribution is 7.89. The number of hydrogen-bond acceptors (Lipinski definition) is 7. The molecule has 1 aromatic heterocycles. The van der Waals surface area contributed by atoms with Crippen molar-refractivity contribution in [3.8, 4) is 5.75 Å². The van der Waals surface area contributed by atoms with Crippen LogP contribution in [0.15, 0.2) is 29.2 Å². The second kappa shape index (κ2) is 8.27. The molecule has 1 N–H and O–H groups in total. The summed E-state index contributed by atoms with van der Waals surface area (Å²) in [4.78, 5) is 10.7. The minimum Gasteiger partial charge on any atom is -0.495 e. The van der Waals surface area contributed by atoms with E-state index in [1.807, 2.05) is 24.8 Å². The molecule has 152 valence electrons. The number of hydrogen-bond donors (Lipinski definition) is 1. The number of halogens is 1. The van der Waals surface area contributed by atoms with E-state index in [2.05, 4.69) is 15.3 Å². The lowest BCUT2D eigenvalue weighted by Gasteiger charge is -2.35. The first-order valence-electron chi connectivity index (χ1n) is 9.03. The summed E-state index contributed by atoms with van der Waals surface area (Å²) < 4.78 is 46.1. The number of methoxy groups -OCH3 is 1. The van der Waals surface area contributed by atoms with E-state index in [0.29, 0.717) is 25.6 Å². The van der Waals surface area contributed by atoms with Crippen LogP contribution in [0, 0.1) is 12.7 Å². The first-order chi connectivity index (χ1) is 13.3. The molecule has 10 heteroatoms. The average Bonchev–Trinajstić information content (AvgIpc) is 2.68. The molecule has 0 amide bonds. The summed E-state index contributed by atoms with van der Waals surface area (Å²) in [6, 6.07) is 5.37. The fourth-order valence-corrected chi connectivity index (χ4v) is 4.69. The molecular weight excluding hydrogens is 385 g/mol. The monoisotopic (exact) mass is 409 g/mol. The van der Waals surface area contributed by atoms with Crippen LogP contribution in [0.5, 0.6) is 5.75 Å². The maximum Gasteiger partial charge on any atom is 0.246 e. The third-order valence-corrected chi connectivity index (χ3v) is 6.40. The molecule has 28 heavy (non-hydrogen) atoms. The number of aromatic nitrogens is 2. The van der Waals surface area contributed by atoms with Crippen LogP contribution in [-0.2, 0) is 10.0 Å². The summed E-state index contributed by atoms with van der Waals surface area (Å²) in [5, 5.41) is 3.10. The molecule has 1 aliphatic heterocycles. The zero-order valence-corrected chi connectivity index (χ0v) is 17.0. The largest absolute Gasteiger partial charge is 0.495 e. The lowest BCUT2D eigenvalue weighted by atomic mass is 10.3.